The van der Waals surface area contributed by atoms with Crippen LogP contribution in [-0.2, 0) is 4.79 Å². The second kappa shape index (κ2) is 5.45. The standard InChI is InChI=1S/C12H16N4O2/c1-12(2,3)9(6-10(17)18)15-11-8(7-13)4-5-14-16-11/h4-5,9H,6H2,1-3H3,(H,15,16)(H,17,18). The molecule has 1 aromatic rings. The van der Waals surface area contributed by atoms with E-state index < -0.39 is 5.97 Å². The monoisotopic (exact) mass is 248 g/mol. The van der Waals surface area contributed by atoms with Crippen molar-refractivity contribution in [1.82, 2.24) is 10.2 Å². The number of carboxylic acid groups (broad SMARTS) is 1. The Labute approximate surface area is 106 Å². The molecule has 1 aromatic heterocycles. The van der Waals surface area contributed by atoms with Gasteiger partial charge in [0.05, 0.1) is 18.2 Å². The third-order valence-electron chi connectivity index (χ3n) is 2.58. The lowest BCUT2D eigenvalue weighted by atomic mass is 9.84. The first-order chi connectivity index (χ1) is 8.34. The third kappa shape index (κ3) is 3.70. The number of nitriles is 1. The van der Waals surface area contributed by atoms with Crippen LogP contribution in [0.2, 0.25) is 0 Å². The average molecular weight is 248 g/mol. The number of rotatable bonds is 4. The summed E-state index contributed by atoms with van der Waals surface area (Å²) < 4.78 is 0. The van der Waals surface area contributed by atoms with E-state index in [0.717, 1.165) is 0 Å². The molecule has 1 heterocycles. The molecule has 0 bridgehead atoms. The summed E-state index contributed by atoms with van der Waals surface area (Å²) in [6.07, 6.45) is 1.37. The Kier molecular flexibility index (Phi) is 4.21. The Morgan fingerprint density at radius 1 is 1.61 bits per heavy atom. The van der Waals surface area contributed by atoms with Gasteiger partial charge in [-0.05, 0) is 11.5 Å². The molecule has 6 nitrogen and oxygen atoms in total. The van der Waals surface area contributed by atoms with Crippen LogP contribution in [-0.4, -0.2) is 27.3 Å². The molecule has 0 aliphatic heterocycles. The minimum Gasteiger partial charge on any atom is -0.481 e. The van der Waals surface area contributed by atoms with Crippen LogP contribution in [0.5, 0.6) is 0 Å². The molecule has 0 amide bonds. The second-order valence-electron chi connectivity index (χ2n) is 5.07. The number of nitrogens with one attached hydrogen (secondary N) is 1. The maximum atomic E-state index is 10.9. The number of anilines is 1. The van der Waals surface area contributed by atoms with E-state index >= 15 is 0 Å². The first-order valence-electron chi connectivity index (χ1n) is 5.54. The van der Waals surface area contributed by atoms with Crippen LogP contribution in [0.1, 0.15) is 32.8 Å². The highest BCUT2D eigenvalue weighted by Gasteiger charge is 2.27. The molecule has 1 atom stereocenters. The lowest BCUT2D eigenvalue weighted by Gasteiger charge is -2.30. The molecule has 0 radical (unpaired) electrons. The number of carbonyl (C=O) groups is 1. The molecule has 1 rings (SSSR count). The fraction of sp³-hybridized carbons (Fsp3) is 0.500. The van der Waals surface area contributed by atoms with Gasteiger partial charge in [0.25, 0.3) is 0 Å². The van der Waals surface area contributed by atoms with Gasteiger partial charge in [0.15, 0.2) is 5.82 Å². The molecule has 96 valence electrons. The van der Waals surface area contributed by atoms with Crippen molar-refractivity contribution in [3.63, 3.8) is 0 Å². The van der Waals surface area contributed by atoms with Gasteiger partial charge in [-0.25, -0.2) is 0 Å². The lowest BCUT2D eigenvalue weighted by molar-refractivity contribution is -0.137. The molecule has 1 unspecified atom stereocenters. The molecule has 0 fully saturated rings. The number of carboxylic acids is 1. The summed E-state index contributed by atoms with van der Waals surface area (Å²) in [5, 5.41) is 28.4. The third-order valence-corrected chi connectivity index (χ3v) is 2.58. The normalized spacial score (nSPS) is 12.6. The summed E-state index contributed by atoms with van der Waals surface area (Å²) in [6, 6.07) is 3.20. The minimum absolute atomic E-state index is 0.0507. The van der Waals surface area contributed by atoms with Crippen molar-refractivity contribution in [2.24, 2.45) is 5.41 Å². The molecular weight excluding hydrogens is 232 g/mol. The molecule has 0 aromatic carbocycles. The number of nitrogens with zero attached hydrogens (tertiary/aromatic N) is 3. The Hall–Kier alpha value is -2.16. The van der Waals surface area contributed by atoms with Gasteiger partial charge in [-0.15, -0.1) is 5.10 Å². The summed E-state index contributed by atoms with van der Waals surface area (Å²) >= 11 is 0. The predicted molar refractivity (Wildman–Crippen MR) is 65.9 cm³/mol. The molecule has 0 saturated heterocycles. The molecule has 18 heavy (non-hydrogen) atoms. The van der Waals surface area contributed by atoms with Crippen LogP contribution < -0.4 is 5.32 Å². The van der Waals surface area contributed by atoms with E-state index in [1.807, 2.05) is 26.8 Å². The molecule has 0 aliphatic rings. The van der Waals surface area contributed by atoms with Crippen molar-refractivity contribution in [2.45, 2.75) is 33.2 Å². The maximum absolute atomic E-state index is 10.9. The zero-order valence-corrected chi connectivity index (χ0v) is 10.6. The number of hydrogen-bond donors (Lipinski definition) is 2. The Bertz CT molecular complexity index is 474. The van der Waals surface area contributed by atoms with Crippen molar-refractivity contribution in [3.8, 4) is 6.07 Å². The minimum atomic E-state index is -0.898. The zero-order chi connectivity index (χ0) is 13.8. The van der Waals surface area contributed by atoms with E-state index in [-0.39, 0.29) is 17.9 Å². The maximum Gasteiger partial charge on any atom is 0.305 e. The van der Waals surface area contributed by atoms with Gasteiger partial charge in [0, 0.05) is 6.04 Å². The Morgan fingerprint density at radius 3 is 2.78 bits per heavy atom. The van der Waals surface area contributed by atoms with E-state index in [2.05, 4.69) is 15.5 Å². The quantitative estimate of drug-likeness (QED) is 0.840. The van der Waals surface area contributed by atoms with Crippen LogP contribution in [0.4, 0.5) is 5.82 Å². The van der Waals surface area contributed by atoms with Crippen LogP contribution in [0.25, 0.3) is 0 Å². The van der Waals surface area contributed by atoms with Crippen LogP contribution in [0, 0.1) is 16.7 Å². The van der Waals surface area contributed by atoms with Crippen molar-refractivity contribution in [3.05, 3.63) is 17.8 Å². The van der Waals surface area contributed by atoms with Crippen molar-refractivity contribution >= 4 is 11.8 Å². The number of hydrogen-bond acceptors (Lipinski definition) is 5. The fourth-order valence-electron chi connectivity index (χ4n) is 1.44. The zero-order valence-electron chi connectivity index (χ0n) is 10.6. The van der Waals surface area contributed by atoms with E-state index in [9.17, 15) is 4.79 Å². The fourth-order valence-corrected chi connectivity index (χ4v) is 1.44. The smallest absolute Gasteiger partial charge is 0.305 e. The average Bonchev–Trinajstić information content (AvgIpc) is 2.27. The SMILES string of the molecule is CC(C)(C)C(CC(=O)O)Nc1nnccc1C#N. The Balaban J connectivity index is 2.97. The topological polar surface area (TPSA) is 98.9 Å². The second-order valence-corrected chi connectivity index (χ2v) is 5.07. The predicted octanol–water partition coefficient (Wildman–Crippen LogP) is 1.65. The summed E-state index contributed by atoms with van der Waals surface area (Å²) in [6.45, 7) is 5.78. The largest absolute Gasteiger partial charge is 0.481 e. The summed E-state index contributed by atoms with van der Waals surface area (Å²) in [7, 11) is 0. The van der Waals surface area contributed by atoms with Crippen molar-refractivity contribution in [1.29, 1.82) is 5.26 Å². The van der Waals surface area contributed by atoms with Gasteiger partial charge in [-0.3, -0.25) is 4.79 Å². The molecular formula is C12H16N4O2. The van der Waals surface area contributed by atoms with Crippen molar-refractivity contribution in [2.75, 3.05) is 5.32 Å². The molecule has 6 heteroatoms. The van der Waals surface area contributed by atoms with Crippen molar-refractivity contribution < 1.29 is 9.90 Å². The highest BCUT2D eigenvalue weighted by molar-refractivity contribution is 5.68. The summed E-state index contributed by atoms with van der Waals surface area (Å²) in [5.74, 6) is -0.578. The van der Waals surface area contributed by atoms with E-state index in [1.54, 1.807) is 0 Å². The summed E-state index contributed by atoms with van der Waals surface area (Å²) in [4.78, 5) is 10.9. The highest BCUT2D eigenvalue weighted by Crippen LogP contribution is 2.25. The first kappa shape index (κ1) is 13.9. The number of aromatic nitrogens is 2. The van der Waals surface area contributed by atoms with Gasteiger partial charge in [0.1, 0.15) is 6.07 Å². The van der Waals surface area contributed by atoms with Crippen LogP contribution >= 0.6 is 0 Å². The van der Waals surface area contributed by atoms with E-state index in [1.165, 1.54) is 12.3 Å². The summed E-state index contributed by atoms with van der Waals surface area (Å²) in [5.41, 5.74) is 0.0764. The van der Waals surface area contributed by atoms with E-state index in [0.29, 0.717) is 11.4 Å². The van der Waals surface area contributed by atoms with Gasteiger partial charge >= 0.3 is 5.97 Å². The van der Waals surface area contributed by atoms with Gasteiger partial charge in [-0.1, -0.05) is 20.8 Å². The van der Waals surface area contributed by atoms with Gasteiger partial charge in [0.2, 0.25) is 0 Å². The number of aliphatic carboxylic acids is 1. The van der Waals surface area contributed by atoms with Crippen LogP contribution in [0.3, 0.4) is 0 Å². The molecule has 0 spiro atoms. The van der Waals surface area contributed by atoms with Crippen LogP contribution in [0.15, 0.2) is 12.3 Å². The Morgan fingerprint density at radius 2 is 2.28 bits per heavy atom. The van der Waals surface area contributed by atoms with Gasteiger partial charge in [-0.2, -0.15) is 10.4 Å². The first-order valence-corrected chi connectivity index (χ1v) is 5.54. The molecule has 0 saturated carbocycles. The van der Waals surface area contributed by atoms with Gasteiger partial charge < -0.3 is 10.4 Å². The van der Waals surface area contributed by atoms with E-state index in [4.69, 9.17) is 10.4 Å². The lowest BCUT2D eigenvalue weighted by Crippen LogP contribution is -2.36. The molecule has 0 aliphatic carbocycles. The molecule has 2 N–H and O–H groups in total. The highest BCUT2D eigenvalue weighted by atomic mass is 16.4.